The van der Waals surface area contributed by atoms with Gasteiger partial charge in [-0.15, -0.1) is 0 Å². The minimum absolute atomic E-state index is 0.0912. The van der Waals surface area contributed by atoms with E-state index in [0.717, 1.165) is 0 Å². The van der Waals surface area contributed by atoms with Gasteiger partial charge in [0.15, 0.2) is 0 Å². The Morgan fingerprint density at radius 2 is 1.92 bits per heavy atom. The molecule has 0 bridgehead atoms. The number of amides is 1. The predicted octanol–water partition coefficient (Wildman–Crippen LogP) is 0.684. The van der Waals surface area contributed by atoms with E-state index in [1.54, 1.807) is 6.92 Å². The van der Waals surface area contributed by atoms with Crippen molar-refractivity contribution in [2.24, 2.45) is 0 Å². The summed E-state index contributed by atoms with van der Waals surface area (Å²) in [5, 5.41) is 2.54. The van der Waals surface area contributed by atoms with Crippen LogP contribution in [0.25, 0.3) is 0 Å². The van der Waals surface area contributed by atoms with Crippen LogP contribution in [0.4, 0.5) is 4.79 Å². The molecular formula is C8H15NO4. The summed E-state index contributed by atoms with van der Waals surface area (Å²) >= 11 is 0. The summed E-state index contributed by atoms with van der Waals surface area (Å²) in [5.74, 6) is -0.279. The highest BCUT2D eigenvalue weighted by Gasteiger charge is 2.09. The van der Waals surface area contributed by atoms with Gasteiger partial charge in [-0.3, -0.25) is 4.79 Å². The Kier molecular flexibility index (Phi) is 5.67. The van der Waals surface area contributed by atoms with Crippen molar-refractivity contribution in [1.82, 2.24) is 5.32 Å². The molecule has 0 aromatic heterocycles. The van der Waals surface area contributed by atoms with E-state index in [9.17, 15) is 9.59 Å². The Bertz CT molecular complexity index is 181. The zero-order valence-corrected chi connectivity index (χ0v) is 8.12. The molecule has 13 heavy (non-hydrogen) atoms. The van der Waals surface area contributed by atoms with E-state index >= 15 is 0 Å². The second-order valence-corrected chi connectivity index (χ2v) is 2.65. The van der Waals surface area contributed by atoms with Gasteiger partial charge in [-0.05, 0) is 13.3 Å². The molecule has 0 rings (SSSR count). The molecule has 0 aromatic carbocycles. The van der Waals surface area contributed by atoms with Crippen molar-refractivity contribution in [3.8, 4) is 0 Å². The molecule has 0 saturated heterocycles. The smallest absolute Gasteiger partial charge is 0.407 e. The molecule has 0 spiro atoms. The van der Waals surface area contributed by atoms with Crippen LogP contribution >= 0.6 is 0 Å². The molecule has 0 aliphatic carbocycles. The maximum absolute atomic E-state index is 10.7. The number of carbonyl (C=O) groups excluding carboxylic acids is 2. The maximum atomic E-state index is 10.7. The van der Waals surface area contributed by atoms with Gasteiger partial charge in [0, 0.05) is 12.5 Å². The monoisotopic (exact) mass is 189 g/mol. The maximum Gasteiger partial charge on any atom is 0.407 e. The van der Waals surface area contributed by atoms with Gasteiger partial charge in [-0.25, -0.2) is 4.79 Å². The Hall–Kier alpha value is -1.26. The summed E-state index contributed by atoms with van der Waals surface area (Å²) in [7, 11) is 2.63. The molecule has 1 atom stereocenters. The van der Waals surface area contributed by atoms with Crippen molar-refractivity contribution in [1.29, 1.82) is 0 Å². The topological polar surface area (TPSA) is 64.6 Å². The number of hydrogen-bond donors (Lipinski definition) is 1. The third-order valence-electron chi connectivity index (χ3n) is 1.56. The number of alkyl carbamates (subject to hydrolysis) is 1. The van der Waals surface area contributed by atoms with E-state index in [-0.39, 0.29) is 12.0 Å². The molecular weight excluding hydrogens is 174 g/mol. The van der Waals surface area contributed by atoms with E-state index < -0.39 is 6.09 Å². The van der Waals surface area contributed by atoms with Gasteiger partial charge in [0.2, 0.25) is 0 Å². The van der Waals surface area contributed by atoms with Gasteiger partial charge in [-0.1, -0.05) is 0 Å². The van der Waals surface area contributed by atoms with Crippen LogP contribution in [0.1, 0.15) is 19.8 Å². The third kappa shape index (κ3) is 5.95. The average molecular weight is 189 g/mol. The predicted molar refractivity (Wildman–Crippen MR) is 46.3 cm³/mol. The lowest BCUT2D eigenvalue weighted by Crippen LogP contribution is -2.32. The van der Waals surface area contributed by atoms with Gasteiger partial charge in [0.25, 0.3) is 0 Å². The molecule has 0 saturated carbocycles. The van der Waals surface area contributed by atoms with Crippen molar-refractivity contribution in [2.75, 3.05) is 14.2 Å². The van der Waals surface area contributed by atoms with E-state index in [0.29, 0.717) is 12.8 Å². The molecule has 0 aliphatic heterocycles. The first-order valence-corrected chi connectivity index (χ1v) is 4.01. The number of nitrogens with one attached hydrogen (secondary N) is 1. The van der Waals surface area contributed by atoms with Gasteiger partial charge in [0.05, 0.1) is 14.2 Å². The summed E-state index contributed by atoms with van der Waals surface area (Å²) < 4.78 is 8.84. The molecule has 0 heterocycles. The largest absolute Gasteiger partial charge is 0.469 e. The zero-order valence-electron chi connectivity index (χ0n) is 8.12. The second-order valence-electron chi connectivity index (χ2n) is 2.65. The zero-order chi connectivity index (χ0) is 10.3. The molecule has 1 unspecified atom stereocenters. The summed E-state index contributed by atoms with van der Waals surface area (Å²) in [6.45, 7) is 1.79. The third-order valence-corrected chi connectivity index (χ3v) is 1.56. The molecule has 5 nitrogen and oxygen atoms in total. The quantitative estimate of drug-likeness (QED) is 0.660. The molecule has 76 valence electrons. The highest BCUT2D eigenvalue weighted by atomic mass is 16.5. The first-order valence-electron chi connectivity index (χ1n) is 4.01. The molecule has 1 amide bonds. The Balaban J connectivity index is 3.56. The van der Waals surface area contributed by atoms with Crippen molar-refractivity contribution in [2.45, 2.75) is 25.8 Å². The van der Waals surface area contributed by atoms with Crippen LogP contribution < -0.4 is 5.32 Å². The Morgan fingerprint density at radius 3 is 2.38 bits per heavy atom. The Labute approximate surface area is 77.4 Å². The minimum Gasteiger partial charge on any atom is -0.469 e. The average Bonchev–Trinajstić information content (AvgIpc) is 2.13. The van der Waals surface area contributed by atoms with E-state index in [4.69, 9.17) is 0 Å². The Morgan fingerprint density at radius 1 is 1.31 bits per heavy atom. The van der Waals surface area contributed by atoms with Gasteiger partial charge in [0.1, 0.15) is 0 Å². The van der Waals surface area contributed by atoms with Crippen molar-refractivity contribution in [3.05, 3.63) is 0 Å². The van der Waals surface area contributed by atoms with Crippen LogP contribution in [0, 0.1) is 0 Å². The van der Waals surface area contributed by atoms with E-state index in [1.165, 1.54) is 14.2 Å². The van der Waals surface area contributed by atoms with Gasteiger partial charge >= 0.3 is 12.1 Å². The highest BCUT2D eigenvalue weighted by Crippen LogP contribution is 1.97. The number of hydrogen-bond acceptors (Lipinski definition) is 4. The van der Waals surface area contributed by atoms with Crippen LogP contribution in [-0.2, 0) is 14.3 Å². The number of carbonyl (C=O) groups is 2. The number of esters is 1. The standard InChI is InChI=1S/C8H15NO4/c1-6(9-8(11)13-3)4-5-7(10)12-2/h6H,4-5H2,1-3H3,(H,9,11). The highest BCUT2D eigenvalue weighted by molar-refractivity contribution is 5.69. The first-order chi connectivity index (χ1) is 6.10. The summed E-state index contributed by atoms with van der Waals surface area (Å²) in [6.07, 6.45) is 0.348. The fourth-order valence-corrected chi connectivity index (χ4v) is 0.769. The molecule has 0 fully saturated rings. The van der Waals surface area contributed by atoms with Gasteiger partial charge < -0.3 is 14.8 Å². The lowest BCUT2D eigenvalue weighted by molar-refractivity contribution is -0.140. The van der Waals surface area contributed by atoms with Crippen LogP contribution in [0.15, 0.2) is 0 Å². The van der Waals surface area contributed by atoms with Crippen LogP contribution in [-0.4, -0.2) is 32.3 Å². The SMILES string of the molecule is COC(=O)CCC(C)NC(=O)OC. The molecule has 0 radical (unpaired) electrons. The summed E-state index contributed by atoms with van der Waals surface area (Å²) in [6, 6.07) is -0.0912. The van der Waals surface area contributed by atoms with E-state index in [2.05, 4.69) is 14.8 Å². The molecule has 5 heteroatoms. The van der Waals surface area contributed by atoms with Crippen LogP contribution in [0.5, 0.6) is 0 Å². The number of ether oxygens (including phenoxy) is 2. The fraction of sp³-hybridized carbons (Fsp3) is 0.750. The molecule has 0 aliphatic rings. The summed E-state index contributed by atoms with van der Waals surface area (Å²) in [5.41, 5.74) is 0. The van der Waals surface area contributed by atoms with Crippen LogP contribution in [0.3, 0.4) is 0 Å². The fourth-order valence-electron chi connectivity index (χ4n) is 0.769. The number of rotatable bonds is 4. The minimum atomic E-state index is -0.489. The van der Waals surface area contributed by atoms with Crippen molar-refractivity contribution < 1.29 is 19.1 Å². The van der Waals surface area contributed by atoms with E-state index in [1.807, 2.05) is 0 Å². The lowest BCUT2D eigenvalue weighted by Gasteiger charge is -2.11. The molecule has 0 aromatic rings. The first kappa shape index (κ1) is 11.7. The second kappa shape index (κ2) is 6.28. The van der Waals surface area contributed by atoms with Gasteiger partial charge in [-0.2, -0.15) is 0 Å². The lowest BCUT2D eigenvalue weighted by atomic mass is 10.2. The molecule has 1 N–H and O–H groups in total. The van der Waals surface area contributed by atoms with Crippen molar-refractivity contribution >= 4 is 12.1 Å². The normalized spacial score (nSPS) is 11.6. The number of methoxy groups -OCH3 is 2. The van der Waals surface area contributed by atoms with Crippen molar-refractivity contribution in [3.63, 3.8) is 0 Å². The summed E-state index contributed by atoms with van der Waals surface area (Å²) in [4.78, 5) is 21.4. The van der Waals surface area contributed by atoms with Crippen LogP contribution in [0.2, 0.25) is 0 Å².